The lowest BCUT2D eigenvalue weighted by Crippen LogP contribution is -2.56. The van der Waals surface area contributed by atoms with E-state index in [1.54, 1.807) is 42.5 Å². The van der Waals surface area contributed by atoms with Crippen molar-refractivity contribution in [1.29, 1.82) is 0 Å². The maximum absolute atomic E-state index is 12.9. The molecule has 0 aromatic heterocycles. The van der Waals surface area contributed by atoms with Crippen LogP contribution < -0.4 is 10.1 Å². The van der Waals surface area contributed by atoms with Crippen LogP contribution in [0.3, 0.4) is 0 Å². The fourth-order valence-corrected chi connectivity index (χ4v) is 5.25. The highest BCUT2D eigenvalue weighted by atomic mass is 35.5. The molecule has 2 aromatic carbocycles. The minimum atomic E-state index is -1.18. The van der Waals surface area contributed by atoms with Crippen molar-refractivity contribution in [2.75, 3.05) is 18.1 Å². The quantitative estimate of drug-likeness (QED) is 0.409. The van der Waals surface area contributed by atoms with Crippen molar-refractivity contribution >= 4 is 59.0 Å². The number of nitrogens with zero attached hydrogens (tertiary/aromatic N) is 1. The second kappa shape index (κ2) is 13.5. The molecule has 192 valence electrons. The molecule has 1 aliphatic rings. The minimum absolute atomic E-state index is 0.0252. The molecular weight excluding hydrogens is 527 g/mol. The zero-order chi connectivity index (χ0) is 26.1. The van der Waals surface area contributed by atoms with Crippen molar-refractivity contribution in [2.24, 2.45) is 0 Å². The Hall–Kier alpha value is -2.75. The molecule has 1 saturated heterocycles. The average Bonchev–Trinajstić information content (AvgIpc) is 2.87. The largest absolute Gasteiger partial charge is 0.489 e. The number of carboxylic acids is 1. The van der Waals surface area contributed by atoms with Crippen LogP contribution in [0.5, 0.6) is 5.75 Å². The SMILES string of the molecule is O=CCCC(=O)N1CCSCC1C(=O)N[C@@H](Cc1ccc(OCc2c(Cl)cccc2Cl)cc1)C(=O)O. The second-order valence-electron chi connectivity index (χ2n) is 8.12. The summed E-state index contributed by atoms with van der Waals surface area (Å²) in [6.07, 6.45) is 0.822. The molecule has 2 atom stereocenters. The molecule has 1 heterocycles. The molecule has 36 heavy (non-hydrogen) atoms. The summed E-state index contributed by atoms with van der Waals surface area (Å²) in [4.78, 5) is 49.3. The maximum atomic E-state index is 12.9. The van der Waals surface area contributed by atoms with Gasteiger partial charge in [-0.1, -0.05) is 41.4 Å². The van der Waals surface area contributed by atoms with Gasteiger partial charge in [0.2, 0.25) is 11.8 Å². The highest BCUT2D eigenvalue weighted by Gasteiger charge is 2.34. The molecule has 1 fully saturated rings. The monoisotopic (exact) mass is 552 g/mol. The van der Waals surface area contributed by atoms with Crippen molar-refractivity contribution in [2.45, 2.75) is 38.0 Å². The molecule has 0 spiro atoms. The van der Waals surface area contributed by atoms with E-state index in [0.29, 0.717) is 51.3 Å². The summed E-state index contributed by atoms with van der Waals surface area (Å²) >= 11 is 13.8. The Morgan fingerprint density at radius 3 is 2.50 bits per heavy atom. The van der Waals surface area contributed by atoms with Crippen LogP contribution >= 0.6 is 35.0 Å². The van der Waals surface area contributed by atoms with Crippen molar-refractivity contribution in [1.82, 2.24) is 10.2 Å². The molecule has 2 amide bonds. The maximum Gasteiger partial charge on any atom is 0.326 e. The third kappa shape index (κ3) is 7.62. The normalized spacial score (nSPS) is 16.2. The molecular formula is C25H26Cl2N2O6S. The lowest BCUT2D eigenvalue weighted by molar-refractivity contribution is -0.144. The number of thioether (sulfide) groups is 1. The molecule has 2 aromatic rings. The predicted octanol–water partition coefficient (Wildman–Crippen LogP) is 3.61. The number of nitrogens with one attached hydrogen (secondary N) is 1. The van der Waals surface area contributed by atoms with Crippen LogP contribution in [-0.4, -0.2) is 64.2 Å². The highest BCUT2D eigenvalue weighted by molar-refractivity contribution is 7.99. The number of carboxylic acid groups (broad SMARTS) is 1. The van der Waals surface area contributed by atoms with E-state index in [-0.39, 0.29) is 31.8 Å². The van der Waals surface area contributed by atoms with E-state index < -0.39 is 24.0 Å². The number of amides is 2. The zero-order valence-electron chi connectivity index (χ0n) is 19.3. The molecule has 2 N–H and O–H groups in total. The van der Waals surface area contributed by atoms with Crippen LogP contribution in [0, 0.1) is 0 Å². The Balaban J connectivity index is 1.61. The van der Waals surface area contributed by atoms with Crippen LogP contribution in [0.2, 0.25) is 10.0 Å². The number of ether oxygens (including phenoxy) is 1. The first kappa shape index (κ1) is 27.8. The van der Waals surface area contributed by atoms with Gasteiger partial charge in [0.1, 0.15) is 30.7 Å². The van der Waals surface area contributed by atoms with Gasteiger partial charge in [-0.2, -0.15) is 11.8 Å². The molecule has 3 rings (SSSR count). The lowest BCUT2D eigenvalue weighted by atomic mass is 10.1. The summed E-state index contributed by atoms with van der Waals surface area (Å²) in [5, 5.41) is 13.3. The Morgan fingerprint density at radius 2 is 1.86 bits per heavy atom. The standard InChI is InChI=1S/C25H26Cl2N2O6S/c26-19-3-1-4-20(27)18(19)14-35-17-8-6-16(7-9-17)13-21(25(33)34)28-24(32)22-15-36-12-10-29(22)23(31)5-2-11-30/h1,3-4,6-9,11,21-22H,2,5,10,12-15H2,(H,28,32)(H,33,34)/t21-,22?/m0/s1. The van der Waals surface area contributed by atoms with Crippen LogP contribution in [-0.2, 0) is 32.2 Å². The molecule has 1 unspecified atom stereocenters. The van der Waals surface area contributed by atoms with Crippen molar-refractivity contribution in [3.8, 4) is 5.75 Å². The van der Waals surface area contributed by atoms with Gasteiger partial charge < -0.3 is 24.9 Å². The molecule has 0 radical (unpaired) electrons. The summed E-state index contributed by atoms with van der Waals surface area (Å²) in [5.41, 5.74) is 1.35. The molecule has 8 nitrogen and oxygen atoms in total. The Kier molecular flexibility index (Phi) is 10.5. The Morgan fingerprint density at radius 1 is 1.17 bits per heavy atom. The van der Waals surface area contributed by atoms with Crippen molar-refractivity contribution < 1.29 is 29.0 Å². The number of aldehydes is 1. The van der Waals surface area contributed by atoms with E-state index in [9.17, 15) is 24.3 Å². The number of halogens is 2. The van der Waals surface area contributed by atoms with E-state index in [4.69, 9.17) is 27.9 Å². The van der Waals surface area contributed by atoms with Crippen LogP contribution in [0.1, 0.15) is 24.0 Å². The summed E-state index contributed by atoms with van der Waals surface area (Å²) in [6, 6.07) is 10.1. The second-order valence-corrected chi connectivity index (χ2v) is 10.1. The van der Waals surface area contributed by atoms with Crippen molar-refractivity contribution in [3.05, 3.63) is 63.6 Å². The first-order chi connectivity index (χ1) is 17.3. The number of hydrogen-bond donors (Lipinski definition) is 2. The summed E-state index contributed by atoms with van der Waals surface area (Å²) in [5.74, 6) is -0.398. The minimum Gasteiger partial charge on any atom is -0.489 e. The van der Waals surface area contributed by atoms with E-state index in [0.717, 1.165) is 0 Å². The van der Waals surface area contributed by atoms with Gasteiger partial charge in [-0.25, -0.2) is 4.79 Å². The fraction of sp³-hybridized carbons (Fsp3) is 0.360. The average molecular weight is 553 g/mol. The van der Waals surface area contributed by atoms with Gasteiger partial charge in [-0.3, -0.25) is 9.59 Å². The number of rotatable bonds is 11. The van der Waals surface area contributed by atoms with E-state index in [1.807, 2.05) is 0 Å². The van der Waals surface area contributed by atoms with Gasteiger partial charge in [0.05, 0.1) is 0 Å². The fourth-order valence-electron chi connectivity index (χ4n) is 3.70. The van der Waals surface area contributed by atoms with Gasteiger partial charge in [0.15, 0.2) is 0 Å². The van der Waals surface area contributed by atoms with Gasteiger partial charge in [-0.05, 0) is 29.8 Å². The van der Waals surface area contributed by atoms with Gasteiger partial charge in [0, 0.05) is 52.9 Å². The number of carbonyl (C=O) groups is 4. The number of carbonyl (C=O) groups excluding carboxylic acids is 3. The summed E-state index contributed by atoms with van der Waals surface area (Å²) in [6.45, 7) is 0.548. The van der Waals surface area contributed by atoms with E-state index in [2.05, 4.69) is 5.32 Å². The van der Waals surface area contributed by atoms with Crippen LogP contribution in [0.15, 0.2) is 42.5 Å². The third-order valence-corrected chi connectivity index (χ3v) is 7.38. The molecule has 1 aliphatic heterocycles. The van der Waals surface area contributed by atoms with E-state index >= 15 is 0 Å². The number of benzene rings is 2. The summed E-state index contributed by atoms with van der Waals surface area (Å²) < 4.78 is 5.75. The molecule has 0 bridgehead atoms. The molecule has 0 aliphatic carbocycles. The lowest BCUT2D eigenvalue weighted by Gasteiger charge is -2.35. The Bertz CT molecular complexity index is 1080. The number of hydrogen-bond acceptors (Lipinski definition) is 6. The first-order valence-electron chi connectivity index (χ1n) is 11.3. The zero-order valence-corrected chi connectivity index (χ0v) is 21.7. The smallest absolute Gasteiger partial charge is 0.326 e. The first-order valence-corrected chi connectivity index (χ1v) is 13.2. The topological polar surface area (TPSA) is 113 Å². The molecule has 11 heteroatoms. The van der Waals surface area contributed by atoms with Crippen LogP contribution in [0.4, 0.5) is 0 Å². The Labute approximate surface area is 223 Å². The van der Waals surface area contributed by atoms with Crippen molar-refractivity contribution in [3.63, 3.8) is 0 Å². The number of aliphatic carboxylic acids is 1. The summed E-state index contributed by atoms with van der Waals surface area (Å²) in [7, 11) is 0. The third-order valence-electron chi connectivity index (χ3n) is 5.65. The van der Waals surface area contributed by atoms with E-state index in [1.165, 1.54) is 16.7 Å². The highest BCUT2D eigenvalue weighted by Crippen LogP contribution is 2.26. The van der Waals surface area contributed by atoms with Gasteiger partial charge >= 0.3 is 5.97 Å². The van der Waals surface area contributed by atoms with Crippen LogP contribution in [0.25, 0.3) is 0 Å². The molecule has 0 saturated carbocycles. The predicted molar refractivity (Wildman–Crippen MR) is 139 cm³/mol. The van der Waals surface area contributed by atoms with Gasteiger partial charge in [-0.15, -0.1) is 0 Å². The van der Waals surface area contributed by atoms with Gasteiger partial charge in [0.25, 0.3) is 0 Å².